The summed E-state index contributed by atoms with van der Waals surface area (Å²) in [5.74, 6) is -0.0231. The van der Waals surface area contributed by atoms with Gasteiger partial charge in [-0.15, -0.1) is 6.42 Å². The zero-order chi connectivity index (χ0) is 22.9. The van der Waals surface area contributed by atoms with Crippen LogP contribution in [-0.2, 0) is 42.9 Å². The summed E-state index contributed by atoms with van der Waals surface area (Å²) in [5.41, 5.74) is 0. The molecule has 10 nitrogen and oxygen atoms in total. The molecule has 10 heteroatoms. The molecular formula is C20H30NO9+. The lowest BCUT2D eigenvalue weighted by Gasteiger charge is -2.39. The first-order valence-corrected chi connectivity index (χ1v) is 9.53. The number of carbonyl (C=O) groups excluding carboxylic acids is 4. The van der Waals surface area contributed by atoms with Crippen LogP contribution in [0.15, 0.2) is 0 Å². The van der Waals surface area contributed by atoms with E-state index >= 15 is 0 Å². The van der Waals surface area contributed by atoms with Gasteiger partial charge in [0.1, 0.15) is 6.54 Å². The molecule has 0 N–H and O–H groups in total. The van der Waals surface area contributed by atoms with Crippen molar-refractivity contribution >= 4 is 23.9 Å². The lowest BCUT2D eigenvalue weighted by atomic mass is 10.0. The maximum Gasteiger partial charge on any atom is 0.308 e. The zero-order valence-electron chi connectivity index (χ0n) is 18.0. The van der Waals surface area contributed by atoms with Gasteiger partial charge in [-0.1, -0.05) is 0 Å². The fourth-order valence-corrected chi connectivity index (χ4v) is 2.98. The Balaban J connectivity index is 2.84. The largest absolute Gasteiger partial charge is 0.456 e. The Kier molecular flexibility index (Phi) is 9.75. The molecule has 0 saturated carbocycles. The Morgan fingerprint density at radius 1 is 0.967 bits per heavy atom. The van der Waals surface area contributed by atoms with Crippen LogP contribution < -0.4 is 0 Å². The van der Waals surface area contributed by atoms with Gasteiger partial charge in [-0.25, -0.2) is 0 Å². The molecule has 1 saturated heterocycles. The van der Waals surface area contributed by atoms with Gasteiger partial charge < -0.3 is 28.2 Å². The van der Waals surface area contributed by atoms with E-state index in [1.54, 1.807) is 0 Å². The highest BCUT2D eigenvalue weighted by atomic mass is 16.7. The monoisotopic (exact) mass is 428 g/mol. The predicted molar refractivity (Wildman–Crippen MR) is 102 cm³/mol. The summed E-state index contributed by atoms with van der Waals surface area (Å²) in [6, 6.07) is 0. The molecule has 4 atom stereocenters. The Morgan fingerprint density at radius 2 is 1.53 bits per heavy atom. The van der Waals surface area contributed by atoms with E-state index in [1.165, 1.54) is 6.92 Å². The van der Waals surface area contributed by atoms with Crippen LogP contribution in [0.1, 0.15) is 33.6 Å². The Hall–Kier alpha value is -2.64. The fourth-order valence-electron chi connectivity index (χ4n) is 2.98. The molecule has 1 heterocycles. The summed E-state index contributed by atoms with van der Waals surface area (Å²) in [6.07, 6.45) is 1.12. The first-order chi connectivity index (χ1) is 13.9. The molecule has 0 amide bonds. The van der Waals surface area contributed by atoms with E-state index in [-0.39, 0.29) is 13.0 Å². The van der Waals surface area contributed by atoms with Crippen molar-refractivity contribution in [2.45, 2.75) is 58.2 Å². The smallest absolute Gasteiger partial charge is 0.308 e. The van der Waals surface area contributed by atoms with Crippen molar-refractivity contribution < 1.29 is 47.3 Å². The van der Waals surface area contributed by atoms with E-state index in [1.807, 2.05) is 14.1 Å². The first kappa shape index (κ1) is 25.4. The van der Waals surface area contributed by atoms with Gasteiger partial charge in [-0.05, 0) is 5.92 Å². The van der Waals surface area contributed by atoms with Crippen molar-refractivity contribution in [3.8, 4) is 12.3 Å². The predicted octanol–water partition coefficient (Wildman–Crippen LogP) is 0.171. The van der Waals surface area contributed by atoms with Crippen LogP contribution >= 0.6 is 0 Å². The van der Waals surface area contributed by atoms with Gasteiger partial charge in [0.05, 0.1) is 33.7 Å². The summed E-state index contributed by atoms with van der Waals surface area (Å²) in [5, 5.41) is 0. The maximum atomic E-state index is 12.3. The summed E-state index contributed by atoms with van der Waals surface area (Å²) < 4.78 is 26.8. The SMILES string of the molecule is C#CC[N+](C)(C)CCCC(=O)OC1OC[C@@H](OC(C)=O)[C@H](OC(C)=O)[C@H]1OC(C)=O. The Bertz CT molecular complexity index is 682. The van der Waals surface area contributed by atoms with Gasteiger partial charge in [-0.3, -0.25) is 19.2 Å². The highest BCUT2D eigenvalue weighted by Crippen LogP contribution is 2.25. The Labute approximate surface area is 176 Å². The van der Waals surface area contributed by atoms with Crippen molar-refractivity contribution in [2.24, 2.45) is 0 Å². The lowest BCUT2D eigenvalue weighted by Crippen LogP contribution is -2.58. The van der Waals surface area contributed by atoms with Crippen molar-refractivity contribution in [2.75, 3.05) is 33.8 Å². The second-order valence-corrected chi connectivity index (χ2v) is 7.61. The molecule has 1 rings (SSSR count). The second-order valence-electron chi connectivity index (χ2n) is 7.61. The van der Waals surface area contributed by atoms with E-state index in [9.17, 15) is 19.2 Å². The van der Waals surface area contributed by atoms with Crippen molar-refractivity contribution in [1.29, 1.82) is 0 Å². The van der Waals surface area contributed by atoms with E-state index < -0.39 is 48.5 Å². The molecule has 1 aliphatic heterocycles. The van der Waals surface area contributed by atoms with Crippen LogP contribution in [0.4, 0.5) is 0 Å². The third-order valence-corrected chi connectivity index (χ3v) is 4.22. The summed E-state index contributed by atoms with van der Waals surface area (Å²) >= 11 is 0. The van der Waals surface area contributed by atoms with Crippen LogP contribution in [0.25, 0.3) is 0 Å². The molecule has 0 spiro atoms. The van der Waals surface area contributed by atoms with E-state index in [0.717, 1.165) is 13.8 Å². The normalized spacial score (nSPS) is 23.6. The van der Waals surface area contributed by atoms with Crippen LogP contribution in [0.5, 0.6) is 0 Å². The van der Waals surface area contributed by atoms with E-state index in [0.29, 0.717) is 24.0 Å². The third kappa shape index (κ3) is 8.80. The standard InChI is InChI=1S/C20H30NO9/c1-7-10-21(5,6)11-8-9-17(25)30-20-19(29-15(4)24)18(28-14(3)23)16(12-26-20)27-13(2)22/h1,16,18-20H,8-12H2,2-6H3/q+1/t16-,18+,19-,20?/m1/s1. The van der Waals surface area contributed by atoms with Crippen LogP contribution in [-0.4, -0.2) is 86.8 Å². The molecule has 1 aliphatic rings. The Morgan fingerprint density at radius 3 is 2.07 bits per heavy atom. The fraction of sp³-hybridized carbons (Fsp3) is 0.700. The first-order valence-electron chi connectivity index (χ1n) is 9.53. The molecule has 0 aromatic rings. The number of carbonyl (C=O) groups is 4. The minimum atomic E-state index is -1.31. The third-order valence-electron chi connectivity index (χ3n) is 4.22. The van der Waals surface area contributed by atoms with E-state index in [4.69, 9.17) is 30.1 Å². The number of terminal acetylenes is 1. The second kappa shape index (κ2) is 11.5. The number of esters is 4. The number of quaternary nitrogens is 1. The van der Waals surface area contributed by atoms with Gasteiger partial charge in [0, 0.05) is 27.2 Å². The van der Waals surface area contributed by atoms with Gasteiger partial charge >= 0.3 is 23.9 Å². The average molecular weight is 428 g/mol. The molecule has 1 unspecified atom stereocenters. The average Bonchev–Trinajstić information content (AvgIpc) is 2.58. The highest BCUT2D eigenvalue weighted by molar-refractivity contribution is 5.70. The van der Waals surface area contributed by atoms with Crippen LogP contribution in [0.3, 0.4) is 0 Å². The van der Waals surface area contributed by atoms with Crippen molar-refractivity contribution in [1.82, 2.24) is 0 Å². The number of nitrogens with zero attached hydrogens (tertiary/aromatic N) is 1. The van der Waals surface area contributed by atoms with E-state index in [2.05, 4.69) is 5.92 Å². The van der Waals surface area contributed by atoms with Crippen molar-refractivity contribution in [3.05, 3.63) is 0 Å². The molecular weight excluding hydrogens is 398 g/mol. The summed E-state index contributed by atoms with van der Waals surface area (Å²) in [7, 11) is 3.90. The summed E-state index contributed by atoms with van der Waals surface area (Å²) in [4.78, 5) is 46.7. The number of hydrogen-bond acceptors (Lipinski definition) is 9. The quantitative estimate of drug-likeness (QED) is 0.219. The molecule has 0 radical (unpaired) electrons. The molecule has 0 aromatic heterocycles. The molecule has 30 heavy (non-hydrogen) atoms. The number of rotatable bonds is 9. The van der Waals surface area contributed by atoms with Gasteiger partial charge in [0.2, 0.25) is 12.4 Å². The molecule has 0 bridgehead atoms. The number of ether oxygens (including phenoxy) is 5. The van der Waals surface area contributed by atoms with Crippen LogP contribution in [0.2, 0.25) is 0 Å². The van der Waals surface area contributed by atoms with Gasteiger partial charge in [-0.2, -0.15) is 0 Å². The molecule has 0 aliphatic carbocycles. The molecule has 1 fully saturated rings. The molecule has 168 valence electrons. The van der Waals surface area contributed by atoms with Gasteiger partial charge in [0.15, 0.2) is 12.2 Å². The van der Waals surface area contributed by atoms with Gasteiger partial charge in [0.25, 0.3) is 0 Å². The van der Waals surface area contributed by atoms with Crippen LogP contribution in [0, 0.1) is 12.3 Å². The minimum absolute atomic E-state index is 0.0878. The minimum Gasteiger partial charge on any atom is -0.456 e. The number of hydrogen-bond donors (Lipinski definition) is 0. The topological polar surface area (TPSA) is 114 Å². The zero-order valence-corrected chi connectivity index (χ0v) is 18.0. The lowest BCUT2D eigenvalue weighted by molar-refractivity contribution is -0.883. The summed E-state index contributed by atoms with van der Waals surface area (Å²) in [6.45, 7) is 4.45. The molecule has 0 aromatic carbocycles. The maximum absolute atomic E-state index is 12.3. The highest BCUT2D eigenvalue weighted by Gasteiger charge is 2.48. The van der Waals surface area contributed by atoms with Crippen molar-refractivity contribution in [3.63, 3.8) is 0 Å².